The number of rotatable bonds is 8. The summed E-state index contributed by atoms with van der Waals surface area (Å²) in [7, 11) is 0. The minimum atomic E-state index is -4.40. The predicted molar refractivity (Wildman–Crippen MR) is 81.0 cm³/mol. The minimum absolute atomic E-state index is 0.131. The van der Waals surface area contributed by atoms with Crippen molar-refractivity contribution in [1.82, 2.24) is 5.32 Å². The maximum atomic E-state index is 12.0. The molecule has 24 heavy (non-hydrogen) atoms. The van der Waals surface area contributed by atoms with Gasteiger partial charge in [-0.25, -0.2) is 0 Å². The molecule has 0 unspecified atom stereocenters. The second-order valence-corrected chi connectivity index (χ2v) is 5.38. The molecule has 0 aliphatic rings. The van der Waals surface area contributed by atoms with Gasteiger partial charge in [0.2, 0.25) is 0 Å². The molecule has 2 atom stereocenters. The van der Waals surface area contributed by atoms with Crippen LogP contribution in [0.5, 0.6) is 5.75 Å². The van der Waals surface area contributed by atoms with E-state index in [4.69, 9.17) is 4.74 Å². The van der Waals surface area contributed by atoms with Gasteiger partial charge in [-0.2, -0.15) is 13.2 Å². The Balaban J connectivity index is 2.47. The van der Waals surface area contributed by atoms with Crippen LogP contribution in [0.1, 0.15) is 31.1 Å². The molecule has 1 N–H and O–H groups in total. The van der Waals surface area contributed by atoms with Crippen molar-refractivity contribution in [2.45, 2.75) is 39.1 Å². The Kier molecular flexibility index (Phi) is 7.21. The molecule has 134 valence electrons. The number of halogens is 3. The fourth-order valence-electron chi connectivity index (χ4n) is 1.80. The molecule has 0 aromatic heterocycles. The summed E-state index contributed by atoms with van der Waals surface area (Å²) < 4.78 is 45.8. The third-order valence-electron chi connectivity index (χ3n) is 2.94. The molecule has 1 amide bonds. The van der Waals surface area contributed by atoms with E-state index in [0.29, 0.717) is 11.3 Å². The molecule has 0 saturated heterocycles. The number of nitrogens with one attached hydrogen (secondary N) is 1. The van der Waals surface area contributed by atoms with E-state index in [9.17, 15) is 22.8 Å². The summed E-state index contributed by atoms with van der Waals surface area (Å²) >= 11 is 0. The first-order chi connectivity index (χ1) is 11.1. The van der Waals surface area contributed by atoms with E-state index >= 15 is 0 Å². The van der Waals surface area contributed by atoms with Crippen molar-refractivity contribution in [1.29, 1.82) is 0 Å². The molecule has 5 nitrogen and oxygen atoms in total. The van der Waals surface area contributed by atoms with E-state index in [1.165, 1.54) is 26.8 Å². The van der Waals surface area contributed by atoms with Gasteiger partial charge in [-0.1, -0.05) is 12.1 Å². The van der Waals surface area contributed by atoms with E-state index in [1.807, 2.05) is 0 Å². The summed E-state index contributed by atoms with van der Waals surface area (Å²) in [4.78, 5) is 23.3. The lowest BCUT2D eigenvalue weighted by molar-refractivity contribution is -0.175. The van der Waals surface area contributed by atoms with Crippen molar-refractivity contribution < 1.29 is 32.2 Å². The molecule has 0 spiro atoms. The molecule has 0 bridgehead atoms. The fraction of sp³-hybridized carbons (Fsp3) is 0.500. The van der Waals surface area contributed by atoms with E-state index in [1.54, 1.807) is 18.2 Å². The van der Waals surface area contributed by atoms with Crippen LogP contribution < -0.4 is 10.1 Å². The standard InChI is InChI=1S/C16H20F3NO4/c1-10(8-23-9-16(17,18)19)20-15(22)12(3)24-14-6-4-5-13(7-14)11(2)21/h4-7,10,12H,8-9H2,1-3H3,(H,20,22)/t10-,12-/m1/s1. The summed E-state index contributed by atoms with van der Waals surface area (Å²) in [6, 6.07) is 5.77. The van der Waals surface area contributed by atoms with E-state index in [0.717, 1.165) is 0 Å². The van der Waals surface area contributed by atoms with Crippen LogP contribution in [0.4, 0.5) is 13.2 Å². The van der Waals surface area contributed by atoms with Gasteiger partial charge in [0.1, 0.15) is 12.4 Å². The number of alkyl halides is 3. The highest BCUT2D eigenvalue weighted by molar-refractivity contribution is 5.94. The van der Waals surface area contributed by atoms with Gasteiger partial charge >= 0.3 is 6.18 Å². The second-order valence-electron chi connectivity index (χ2n) is 5.38. The molecule has 0 radical (unpaired) electrons. The van der Waals surface area contributed by atoms with Crippen LogP contribution in [0, 0.1) is 0 Å². The lowest BCUT2D eigenvalue weighted by atomic mass is 10.1. The number of carbonyl (C=O) groups excluding carboxylic acids is 2. The van der Waals surface area contributed by atoms with Crippen LogP contribution >= 0.6 is 0 Å². The molecule has 1 rings (SSSR count). The van der Waals surface area contributed by atoms with Gasteiger partial charge in [0.05, 0.1) is 6.61 Å². The smallest absolute Gasteiger partial charge is 0.411 e. The molecular weight excluding hydrogens is 327 g/mol. The Labute approximate surface area is 138 Å². The summed E-state index contributed by atoms with van der Waals surface area (Å²) in [5.41, 5.74) is 0.453. The largest absolute Gasteiger partial charge is 0.481 e. The lowest BCUT2D eigenvalue weighted by Crippen LogP contribution is -2.43. The molecule has 0 saturated carbocycles. The Hall–Kier alpha value is -2.09. The zero-order valence-corrected chi connectivity index (χ0v) is 13.6. The average Bonchev–Trinajstić information content (AvgIpc) is 2.45. The Morgan fingerprint density at radius 3 is 2.50 bits per heavy atom. The van der Waals surface area contributed by atoms with Gasteiger partial charge in [0, 0.05) is 11.6 Å². The zero-order valence-electron chi connectivity index (χ0n) is 13.6. The summed E-state index contributed by atoms with van der Waals surface area (Å²) in [6.45, 7) is 2.81. The van der Waals surface area contributed by atoms with Crippen molar-refractivity contribution in [2.24, 2.45) is 0 Å². The number of carbonyl (C=O) groups is 2. The number of benzene rings is 1. The van der Waals surface area contributed by atoms with Crippen molar-refractivity contribution >= 4 is 11.7 Å². The Morgan fingerprint density at radius 1 is 1.25 bits per heavy atom. The highest BCUT2D eigenvalue weighted by atomic mass is 19.4. The molecule has 1 aromatic carbocycles. The Morgan fingerprint density at radius 2 is 1.92 bits per heavy atom. The highest BCUT2D eigenvalue weighted by Crippen LogP contribution is 2.16. The predicted octanol–water partition coefficient (Wildman–Crippen LogP) is 2.74. The molecule has 1 aromatic rings. The molecule has 8 heteroatoms. The number of hydrogen-bond donors (Lipinski definition) is 1. The summed E-state index contributed by atoms with van der Waals surface area (Å²) in [6.07, 6.45) is -5.28. The zero-order chi connectivity index (χ0) is 18.3. The van der Waals surface area contributed by atoms with Gasteiger partial charge in [-0.05, 0) is 32.9 Å². The van der Waals surface area contributed by atoms with Crippen LogP contribution in [0.15, 0.2) is 24.3 Å². The van der Waals surface area contributed by atoms with Crippen LogP contribution in [0.25, 0.3) is 0 Å². The first-order valence-corrected chi connectivity index (χ1v) is 7.31. The van der Waals surface area contributed by atoms with Crippen molar-refractivity contribution in [3.63, 3.8) is 0 Å². The SMILES string of the molecule is CC(=O)c1cccc(O[C@H](C)C(=O)N[C@H](C)COCC(F)(F)F)c1. The number of Topliss-reactive ketones (excluding diaryl/α,β-unsaturated/α-hetero) is 1. The number of amides is 1. The van der Waals surface area contributed by atoms with Gasteiger partial charge in [0.15, 0.2) is 11.9 Å². The van der Waals surface area contributed by atoms with Gasteiger partial charge < -0.3 is 14.8 Å². The maximum absolute atomic E-state index is 12.0. The minimum Gasteiger partial charge on any atom is -0.481 e. The van der Waals surface area contributed by atoms with E-state index < -0.39 is 30.8 Å². The van der Waals surface area contributed by atoms with Crippen LogP contribution in [-0.2, 0) is 9.53 Å². The summed E-state index contributed by atoms with van der Waals surface area (Å²) in [5.74, 6) is -0.273. The summed E-state index contributed by atoms with van der Waals surface area (Å²) in [5, 5.41) is 2.50. The van der Waals surface area contributed by atoms with Crippen LogP contribution in [-0.4, -0.2) is 43.2 Å². The van der Waals surface area contributed by atoms with Crippen molar-refractivity contribution in [3.05, 3.63) is 29.8 Å². The molecule has 0 fully saturated rings. The average molecular weight is 347 g/mol. The molecular formula is C16H20F3NO4. The van der Waals surface area contributed by atoms with E-state index in [-0.39, 0.29) is 12.4 Å². The number of hydrogen-bond acceptors (Lipinski definition) is 4. The van der Waals surface area contributed by atoms with Crippen molar-refractivity contribution in [2.75, 3.05) is 13.2 Å². The van der Waals surface area contributed by atoms with Gasteiger partial charge in [-0.3, -0.25) is 9.59 Å². The fourth-order valence-corrected chi connectivity index (χ4v) is 1.80. The quantitative estimate of drug-likeness (QED) is 0.735. The number of ether oxygens (including phenoxy) is 2. The van der Waals surface area contributed by atoms with E-state index in [2.05, 4.69) is 10.1 Å². The second kappa shape index (κ2) is 8.68. The third kappa shape index (κ3) is 7.45. The normalized spacial score (nSPS) is 13.9. The van der Waals surface area contributed by atoms with Crippen LogP contribution in [0.3, 0.4) is 0 Å². The molecule has 0 heterocycles. The van der Waals surface area contributed by atoms with Crippen LogP contribution in [0.2, 0.25) is 0 Å². The monoisotopic (exact) mass is 347 g/mol. The lowest BCUT2D eigenvalue weighted by Gasteiger charge is -2.19. The molecule has 0 aliphatic heterocycles. The highest BCUT2D eigenvalue weighted by Gasteiger charge is 2.28. The molecule has 0 aliphatic carbocycles. The first kappa shape index (κ1) is 20.0. The van der Waals surface area contributed by atoms with Gasteiger partial charge in [-0.15, -0.1) is 0 Å². The third-order valence-corrected chi connectivity index (χ3v) is 2.94. The number of ketones is 1. The van der Waals surface area contributed by atoms with Gasteiger partial charge in [0.25, 0.3) is 5.91 Å². The van der Waals surface area contributed by atoms with Crippen molar-refractivity contribution in [3.8, 4) is 5.75 Å². The maximum Gasteiger partial charge on any atom is 0.411 e. The first-order valence-electron chi connectivity index (χ1n) is 7.31. The Bertz CT molecular complexity index is 575. The topological polar surface area (TPSA) is 64.6 Å².